The number of carbonyl (C=O) groups excluding carboxylic acids is 4. The van der Waals surface area contributed by atoms with E-state index in [4.69, 9.17) is 28.7 Å². The van der Waals surface area contributed by atoms with E-state index in [0.29, 0.717) is 12.8 Å². The predicted octanol–water partition coefficient (Wildman–Crippen LogP) is -1.53. The number of guanidine groups is 2. The van der Waals surface area contributed by atoms with Gasteiger partial charge in [0.1, 0.15) is 18.1 Å². The summed E-state index contributed by atoms with van der Waals surface area (Å²) < 4.78 is 0. The molecule has 41 heavy (non-hydrogen) atoms. The van der Waals surface area contributed by atoms with Crippen LogP contribution in [0.4, 0.5) is 0 Å². The highest BCUT2D eigenvalue weighted by molar-refractivity contribution is 5.94. The Morgan fingerprint density at radius 3 is 1.71 bits per heavy atom. The van der Waals surface area contributed by atoms with Gasteiger partial charge in [-0.15, -0.1) is 0 Å². The summed E-state index contributed by atoms with van der Waals surface area (Å²) in [5.74, 6) is -2.37. The van der Waals surface area contributed by atoms with E-state index >= 15 is 0 Å². The molecular weight excluding hydrogens is 528 g/mol. The molecule has 1 aliphatic carbocycles. The van der Waals surface area contributed by atoms with Gasteiger partial charge in [0, 0.05) is 25.4 Å². The number of nitrogens with two attached hydrogens (primary N) is 5. The van der Waals surface area contributed by atoms with Gasteiger partial charge in [-0.25, -0.2) is 0 Å². The van der Waals surface area contributed by atoms with Crippen LogP contribution in [0.15, 0.2) is 40.3 Å². The average Bonchev–Trinajstić information content (AvgIpc) is 3.47. The molecule has 1 aliphatic rings. The molecule has 1 aromatic rings. The molecule has 14 heteroatoms. The summed E-state index contributed by atoms with van der Waals surface area (Å²) in [4.78, 5) is 59.7. The fourth-order valence-corrected chi connectivity index (χ4v) is 4.64. The number of amides is 4. The van der Waals surface area contributed by atoms with Crippen LogP contribution in [0.1, 0.15) is 56.9 Å². The summed E-state index contributed by atoms with van der Waals surface area (Å²) in [6.07, 6.45) is 4.83. The lowest BCUT2D eigenvalue weighted by molar-refractivity contribution is -0.134. The number of hydrogen-bond acceptors (Lipinski definition) is 6. The Hall–Kier alpha value is -4.36. The Morgan fingerprint density at radius 1 is 0.732 bits per heavy atom. The van der Waals surface area contributed by atoms with Gasteiger partial charge in [-0.1, -0.05) is 43.2 Å². The van der Waals surface area contributed by atoms with Crippen molar-refractivity contribution in [2.75, 3.05) is 13.1 Å². The molecule has 4 amide bonds. The lowest BCUT2D eigenvalue weighted by Gasteiger charge is -2.25. The third kappa shape index (κ3) is 12.6. The Bertz CT molecular complexity index is 1070. The summed E-state index contributed by atoms with van der Waals surface area (Å²) >= 11 is 0. The van der Waals surface area contributed by atoms with E-state index in [1.165, 1.54) is 0 Å². The van der Waals surface area contributed by atoms with Crippen molar-refractivity contribution in [3.05, 3.63) is 35.9 Å². The third-order valence-electron chi connectivity index (χ3n) is 6.83. The SMILES string of the molecule is NC(=O)[C@H](Cc1ccccc1)NC(=O)[C@H](CCCN=C(N)N)NC(=O)[C@H](CCCN=C(N)N)NC(=O)C1CCCC1. The molecule has 0 bridgehead atoms. The zero-order valence-corrected chi connectivity index (χ0v) is 23.4. The largest absolute Gasteiger partial charge is 0.370 e. The summed E-state index contributed by atoms with van der Waals surface area (Å²) in [5.41, 5.74) is 28.0. The van der Waals surface area contributed by atoms with E-state index in [0.717, 1.165) is 31.2 Å². The minimum atomic E-state index is -1.04. The van der Waals surface area contributed by atoms with Crippen molar-refractivity contribution in [2.24, 2.45) is 44.6 Å². The van der Waals surface area contributed by atoms with Crippen molar-refractivity contribution in [3.63, 3.8) is 0 Å². The van der Waals surface area contributed by atoms with Crippen molar-refractivity contribution < 1.29 is 19.2 Å². The molecule has 0 saturated heterocycles. The quantitative estimate of drug-likeness (QED) is 0.0615. The predicted molar refractivity (Wildman–Crippen MR) is 157 cm³/mol. The molecule has 14 nitrogen and oxygen atoms in total. The maximum absolute atomic E-state index is 13.4. The van der Waals surface area contributed by atoms with E-state index in [9.17, 15) is 19.2 Å². The van der Waals surface area contributed by atoms with Crippen molar-refractivity contribution in [3.8, 4) is 0 Å². The molecule has 0 spiro atoms. The van der Waals surface area contributed by atoms with Gasteiger partial charge in [-0.05, 0) is 44.1 Å². The van der Waals surface area contributed by atoms with Crippen molar-refractivity contribution in [1.29, 1.82) is 0 Å². The molecule has 1 aromatic carbocycles. The normalized spacial score (nSPS) is 15.1. The van der Waals surface area contributed by atoms with Crippen LogP contribution in [-0.2, 0) is 25.6 Å². The number of aliphatic imine (C=N–C) groups is 2. The van der Waals surface area contributed by atoms with Crippen LogP contribution in [0.5, 0.6) is 0 Å². The van der Waals surface area contributed by atoms with Crippen LogP contribution >= 0.6 is 0 Å². The molecule has 226 valence electrons. The summed E-state index contributed by atoms with van der Waals surface area (Å²) in [7, 11) is 0. The van der Waals surface area contributed by atoms with Crippen molar-refractivity contribution in [1.82, 2.24) is 16.0 Å². The fourth-order valence-electron chi connectivity index (χ4n) is 4.64. The minimum Gasteiger partial charge on any atom is -0.370 e. The van der Waals surface area contributed by atoms with Crippen LogP contribution in [0.2, 0.25) is 0 Å². The Balaban J connectivity index is 2.17. The van der Waals surface area contributed by atoms with Gasteiger partial charge >= 0.3 is 0 Å². The molecule has 13 N–H and O–H groups in total. The number of primary amides is 1. The number of nitrogens with zero attached hydrogens (tertiary/aromatic N) is 2. The summed E-state index contributed by atoms with van der Waals surface area (Å²) in [6.45, 7) is 0.499. The van der Waals surface area contributed by atoms with Crippen molar-refractivity contribution in [2.45, 2.75) is 75.9 Å². The molecule has 1 saturated carbocycles. The van der Waals surface area contributed by atoms with E-state index in [1.807, 2.05) is 30.3 Å². The van der Waals surface area contributed by atoms with Crippen LogP contribution in [0.25, 0.3) is 0 Å². The molecule has 2 rings (SSSR count). The second-order valence-corrected chi connectivity index (χ2v) is 10.2. The number of nitrogens with one attached hydrogen (secondary N) is 3. The van der Waals surface area contributed by atoms with Gasteiger partial charge in [0.15, 0.2) is 11.9 Å². The van der Waals surface area contributed by atoms with Crippen LogP contribution in [0.3, 0.4) is 0 Å². The minimum absolute atomic E-state index is 0.0713. The van der Waals surface area contributed by atoms with E-state index in [-0.39, 0.29) is 56.1 Å². The second-order valence-electron chi connectivity index (χ2n) is 10.2. The van der Waals surface area contributed by atoms with E-state index in [1.54, 1.807) is 0 Å². The Kier molecular flexibility index (Phi) is 13.9. The standard InChI is InChI=1S/C27H44N10O4/c28-22(38)21(16-17-8-2-1-3-9-17)37-25(41)20(13-7-15-34-27(31)32)36-24(40)19(12-6-14-33-26(29)30)35-23(39)18-10-4-5-11-18/h1-3,8-9,18-21H,4-7,10-16H2,(H2,28,38)(H,35,39)(H,36,40)(H,37,41)(H4,29,30,33)(H4,31,32,34)/t19-,20-,21-/m0/s1. The van der Waals surface area contributed by atoms with Gasteiger partial charge in [0.05, 0.1) is 0 Å². The lowest BCUT2D eigenvalue weighted by Crippen LogP contribution is -2.57. The number of rotatable bonds is 17. The first-order valence-corrected chi connectivity index (χ1v) is 13.9. The molecule has 0 aromatic heterocycles. The van der Waals surface area contributed by atoms with Crippen LogP contribution in [-0.4, -0.2) is 66.8 Å². The third-order valence-corrected chi connectivity index (χ3v) is 6.83. The Labute approximate surface area is 240 Å². The number of hydrogen-bond donors (Lipinski definition) is 8. The highest BCUT2D eigenvalue weighted by atomic mass is 16.2. The molecule has 0 radical (unpaired) electrons. The molecule has 0 aliphatic heterocycles. The monoisotopic (exact) mass is 572 g/mol. The van der Waals surface area contributed by atoms with Gasteiger partial charge in [-0.2, -0.15) is 0 Å². The van der Waals surface area contributed by atoms with Crippen molar-refractivity contribution >= 4 is 35.5 Å². The van der Waals surface area contributed by atoms with Gasteiger partial charge < -0.3 is 44.6 Å². The second kappa shape index (κ2) is 17.4. The zero-order valence-electron chi connectivity index (χ0n) is 23.4. The maximum Gasteiger partial charge on any atom is 0.243 e. The Morgan fingerprint density at radius 2 is 1.22 bits per heavy atom. The van der Waals surface area contributed by atoms with E-state index < -0.39 is 35.8 Å². The molecule has 1 fully saturated rings. The molecule has 3 atom stereocenters. The molecule has 0 unspecified atom stereocenters. The van der Waals surface area contributed by atoms with Gasteiger partial charge in [-0.3, -0.25) is 29.2 Å². The first-order chi connectivity index (χ1) is 19.6. The van der Waals surface area contributed by atoms with Gasteiger partial charge in [0.2, 0.25) is 23.6 Å². The highest BCUT2D eigenvalue weighted by Gasteiger charge is 2.31. The smallest absolute Gasteiger partial charge is 0.243 e. The number of benzene rings is 1. The zero-order chi connectivity index (χ0) is 30.2. The first-order valence-electron chi connectivity index (χ1n) is 13.9. The van der Waals surface area contributed by atoms with E-state index in [2.05, 4.69) is 25.9 Å². The fraction of sp³-hybridized carbons (Fsp3) is 0.556. The number of carbonyl (C=O) groups is 4. The van der Waals surface area contributed by atoms with Crippen LogP contribution in [0, 0.1) is 5.92 Å². The van der Waals surface area contributed by atoms with Crippen LogP contribution < -0.4 is 44.6 Å². The first kappa shape index (κ1) is 32.8. The summed E-state index contributed by atoms with van der Waals surface area (Å²) in [6, 6.07) is 6.14. The van der Waals surface area contributed by atoms with Gasteiger partial charge in [0.25, 0.3) is 0 Å². The lowest BCUT2D eigenvalue weighted by atomic mass is 10.0. The molecule has 0 heterocycles. The maximum atomic E-state index is 13.4. The average molecular weight is 573 g/mol. The molecular formula is C27H44N10O4. The summed E-state index contributed by atoms with van der Waals surface area (Å²) in [5, 5.41) is 8.25. The topological polar surface area (TPSA) is 259 Å². The highest BCUT2D eigenvalue weighted by Crippen LogP contribution is 2.25.